The van der Waals surface area contributed by atoms with Crippen molar-refractivity contribution in [2.45, 2.75) is 71.1 Å². The van der Waals surface area contributed by atoms with Crippen molar-refractivity contribution in [2.75, 3.05) is 52.4 Å². The molecule has 53 heavy (non-hydrogen) atoms. The number of aromatic nitrogens is 5. The molecule has 3 aromatic rings. The molecule has 6 bridgehead atoms. The second-order valence-corrected chi connectivity index (χ2v) is 14.2. The van der Waals surface area contributed by atoms with E-state index in [1.165, 1.54) is 16.8 Å². The lowest BCUT2D eigenvalue weighted by atomic mass is 9.98. The summed E-state index contributed by atoms with van der Waals surface area (Å²) in [7, 11) is 0. The third kappa shape index (κ3) is 9.71. The van der Waals surface area contributed by atoms with E-state index >= 15 is 0 Å². The van der Waals surface area contributed by atoms with Crippen LogP contribution in [0.3, 0.4) is 0 Å². The van der Waals surface area contributed by atoms with E-state index in [0.29, 0.717) is 18.8 Å². The van der Waals surface area contributed by atoms with Crippen LogP contribution in [0.2, 0.25) is 0 Å². The monoisotopic (exact) mass is 746 g/mol. The average Bonchev–Trinajstić information content (AvgIpc) is 3.49. The van der Waals surface area contributed by atoms with Crippen molar-refractivity contribution in [2.24, 2.45) is 5.73 Å². The fourth-order valence-electron chi connectivity index (χ4n) is 6.54. The number of nitrogens with zero attached hydrogens (tertiary/aromatic N) is 9. The van der Waals surface area contributed by atoms with Crippen molar-refractivity contribution in [1.29, 1.82) is 0 Å². The highest BCUT2D eigenvalue weighted by Crippen LogP contribution is 2.32. The molecule has 6 rings (SSSR count). The van der Waals surface area contributed by atoms with E-state index in [-0.39, 0.29) is 92.9 Å². The van der Waals surface area contributed by atoms with Crippen molar-refractivity contribution < 1.29 is 42.9 Å². The number of hydrogen-bond donors (Lipinski definition) is 4. The second kappa shape index (κ2) is 15.8. The van der Waals surface area contributed by atoms with Gasteiger partial charge in [0.1, 0.15) is 23.5 Å². The van der Waals surface area contributed by atoms with Crippen LogP contribution in [0, 0.1) is 0 Å². The van der Waals surface area contributed by atoms with Crippen molar-refractivity contribution in [3.8, 4) is 11.4 Å². The summed E-state index contributed by atoms with van der Waals surface area (Å²) in [6.07, 6.45) is -4.74. The first-order chi connectivity index (χ1) is 24.8. The molecule has 6 heterocycles. The summed E-state index contributed by atoms with van der Waals surface area (Å²) >= 11 is 0. The maximum Gasteiger partial charge on any atom is 0.416 e. The molecule has 0 amide bonds. The topological polar surface area (TPSA) is 207 Å². The molecule has 16 nitrogen and oxygen atoms in total. The normalized spacial score (nSPS) is 20.9. The highest BCUT2D eigenvalue weighted by Gasteiger charge is 2.34. The van der Waals surface area contributed by atoms with Gasteiger partial charge in [-0.1, -0.05) is 5.21 Å². The van der Waals surface area contributed by atoms with Crippen LogP contribution in [0.4, 0.5) is 13.2 Å². The highest BCUT2D eigenvalue weighted by atomic mass is 19.4. The van der Waals surface area contributed by atoms with Gasteiger partial charge in [0.25, 0.3) is 0 Å². The molecule has 0 aromatic carbocycles. The molecule has 0 radical (unpaired) electrons. The Balaban J connectivity index is 1.76. The maximum absolute atomic E-state index is 14.4. The minimum atomic E-state index is -4.74. The van der Waals surface area contributed by atoms with Crippen LogP contribution in [0.1, 0.15) is 66.4 Å². The molecule has 0 unspecified atom stereocenters. The van der Waals surface area contributed by atoms with Gasteiger partial charge in [0.05, 0.1) is 46.0 Å². The van der Waals surface area contributed by atoms with Gasteiger partial charge in [0, 0.05) is 65.4 Å². The quantitative estimate of drug-likeness (QED) is 0.284. The number of rotatable bonds is 6. The largest absolute Gasteiger partial charge is 0.480 e. The molecular formula is C34H45F3N10O6. The Labute approximate surface area is 304 Å². The number of aliphatic carboxylic acids is 2. The fourth-order valence-corrected chi connectivity index (χ4v) is 6.54. The molecular weight excluding hydrogens is 701 g/mol. The Morgan fingerprint density at radius 3 is 1.64 bits per heavy atom. The van der Waals surface area contributed by atoms with Gasteiger partial charge in [0.15, 0.2) is 0 Å². The van der Waals surface area contributed by atoms with Crippen molar-refractivity contribution >= 4 is 17.9 Å². The average molecular weight is 747 g/mol. The Hall–Kier alpha value is -4.56. The number of pyridine rings is 2. The van der Waals surface area contributed by atoms with Crippen LogP contribution in [0.5, 0.6) is 0 Å². The predicted octanol–water partition coefficient (Wildman–Crippen LogP) is 1.88. The fraction of sp³-hybridized carbons (Fsp3) is 0.559. The van der Waals surface area contributed by atoms with Gasteiger partial charge in [-0.15, -0.1) is 5.10 Å². The van der Waals surface area contributed by atoms with E-state index in [1.54, 1.807) is 37.5 Å². The zero-order chi connectivity index (χ0) is 38.8. The minimum absolute atomic E-state index is 0.00687. The van der Waals surface area contributed by atoms with Crippen LogP contribution >= 0.6 is 0 Å². The molecule has 1 saturated heterocycles. The minimum Gasteiger partial charge on any atom is -0.480 e. The molecule has 0 spiro atoms. The smallest absolute Gasteiger partial charge is 0.416 e. The van der Waals surface area contributed by atoms with Gasteiger partial charge < -0.3 is 21.1 Å². The number of carboxylic acid groups (broad SMARTS) is 3. The van der Waals surface area contributed by atoms with Crippen LogP contribution in [0.25, 0.3) is 11.4 Å². The van der Waals surface area contributed by atoms with Crippen LogP contribution in [-0.2, 0) is 40.9 Å². The number of hydrogen-bond acceptors (Lipinski definition) is 12. The lowest BCUT2D eigenvalue weighted by Crippen LogP contribution is -2.51. The number of aromatic carboxylic acids is 1. The first-order valence-corrected chi connectivity index (χ1v) is 17.2. The molecule has 0 aliphatic carbocycles. The van der Waals surface area contributed by atoms with E-state index in [1.807, 2.05) is 9.80 Å². The van der Waals surface area contributed by atoms with Crippen LogP contribution < -0.4 is 5.73 Å². The third-order valence-corrected chi connectivity index (χ3v) is 9.68. The first kappa shape index (κ1) is 39.6. The zero-order valence-electron chi connectivity index (χ0n) is 30.0. The standard InChI is InChI=1S/C34H45F3N10O6/c1-20(30(48)49)45-9-5-43-6-10-46(21(2)31(50)51)12-8-44(7-11-45)18-25-15-23(34(35,36)37)16-26(39-25)19-47-28(29(41-42-47)33(3,4)38)27-14-22(32(52)53)13-24(17-43)40-27/h13-16,20-21H,5-12,17-19,38H2,1-4H3,(H,48,49)(H,50,51)(H,52,53)/t20-,21-/m1/s1. The van der Waals surface area contributed by atoms with Crippen molar-refractivity contribution in [3.05, 3.63) is 58.2 Å². The Morgan fingerprint density at radius 1 is 0.736 bits per heavy atom. The third-order valence-electron chi connectivity index (χ3n) is 9.68. The van der Waals surface area contributed by atoms with Gasteiger partial charge in [-0.05, 0) is 52.0 Å². The number of fused-ring (bicyclic) bond motifs is 8. The summed E-state index contributed by atoms with van der Waals surface area (Å²) < 4.78 is 44.5. The van der Waals surface area contributed by atoms with Gasteiger partial charge in [-0.3, -0.25) is 34.2 Å². The van der Waals surface area contributed by atoms with Crippen molar-refractivity contribution in [3.63, 3.8) is 0 Å². The Morgan fingerprint density at radius 2 is 1.21 bits per heavy atom. The summed E-state index contributed by atoms with van der Waals surface area (Å²) in [4.78, 5) is 53.6. The molecule has 3 aliphatic heterocycles. The predicted molar refractivity (Wildman–Crippen MR) is 184 cm³/mol. The second-order valence-electron chi connectivity index (χ2n) is 14.2. The van der Waals surface area contributed by atoms with Gasteiger partial charge >= 0.3 is 24.1 Å². The van der Waals surface area contributed by atoms with Gasteiger partial charge in [-0.25, -0.2) is 14.5 Å². The molecule has 5 N–H and O–H groups in total. The van der Waals surface area contributed by atoms with E-state index < -0.39 is 47.3 Å². The highest BCUT2D eigenvalue weighted by molar-refractivity contribution is 5.89. The van der Waals surface area contributed by atoms with Crippen LogP contribution in [-0.4, -0.2) is 142 Å². The molecule has 19 heteroatoms. The summed E-state index contributed by atoms with van der Waals surface area (Å²) in [5.74, 6) is -3.35. The van der Waals surface area contributed by atoms with E-state index in [9.17, 15) is 42.9 Å². The number of halogens is 3. The molecule has 3 aliphatic rings. The summed E-state index contributed by atoms with van der Waals surface area (Å²) in [5, 5.41) is 38.6. The molecule has 2 atom stereocenters. The maximum atomic E-state index is 14.4. The lowest BCUT2D eigenvalue weighted by molar-refractivity contribution is -0.143. The van der Waals surface area contributed by atoms with Gasteiger partial charge in [0.2, 0.25) is 0 Å². The van der Waals surface area contributed by atoms with Crippen LogP contribution in [0.15, 0.2) is 24.3 Å². The summed E-state index contributed by atoms with van der Waals surface area (Å²) in [6, 6.07) is 2.81. The Kier molecular flexibility index (Phi) is 11.8. The number of carboxylic acids is 3. The van der Waals surface area contributed by atoms with Crippen molar-refractivity contribution in [1.82, 2.24) is 44.6 Å². The molecule has 288 valence electrons. The number of alkyl halides is 3. The number of nitrogens with two attached hydrogens (primary N) is 1. The van der Waals surface area contributed by atoms with Gasteiger partial charge in [-0.2, -0.15) is 13.2 Å². The van der Waals surface area contributed by atoms with E-state index in [4.69, 9.17) is 10.7 Å². The van der Waals surface area contributed by atoms with E-state index in [2.05, 4.69) is 15.3 Å². The lowest BCUT2D eigenvalue weighted by Gasteiger charge is -2.36. The molecule has 0 saturated carbocycles. The molecule has 1 fully saturated rings. The van der Waals surface area contributed by atoms with E-state index in [0.717, 1.165) is 12.1 Å². The number of carbonyl (C=O) groups is 3. The summed E-state index contributed by atoms with van der Waals surface area (Å²) in [5.41, 5.74) is 5.25. The zero-order valence-corrected chi connectivity index (χ0v) is 30.0. The molecule has 3 aromatic heterocycles. The SMILES string of the molecule is C[C@H](C(=O)O)N1CCN2CCN([C@H](C)C(=O)O)CCN(CC1)Cc1cc(C(=O)O)cc(n1)-c1c(C(C)(C)N)nnn1Cc1cc(C(F)(F)F)cc(n1)C2. The summed E-state index contributed by atoms with van der Waals surface area (Å²) in [6.45, 7) is 8.29. The Bertz CT molecular complexity index is 1790. The first-order valence-electron chi connectivity index (χ1n) is 17.2.